The Morgan fingerprint density at radius 1 is 1.19 bits per heavy atom. The third-order valence-electron chi connectivity index (χ3n) is 4.31. The zero-order valence-corrected chi connectivity index (χ0v) is 16.0. The summed E-state index contributed by atoms with van der Waals surface area (Å²) < 4.78 is 0. The van der Waals surface area contributed by atoms with Gasteiger partial charge in [-0.1, -0.05) is 31.5 Å². The van der Waals surface area contributed by atoms with Crippen molar-refractivity contribution < 1.29 is 14.4 Å². The number of fused-ring (bicyclic) bond motifs is 3. The molecule has 1 aromatic carbocycles. The highest BCUT2D eigenvalue weighted by molar-refractivity contribution is 7.12. The van der Waals surface area contributed by atoms with Crippen molar-refractivity contribution in [2.24, 2.45) is 0 Å². The molecule has 0 bridgehead atoms. The number of hydrogen-bond acceptors (Lipinski definition) is 5. The van der Waals surface area contributed by atoms with Crippen molar-refractivity contribution >= 4 is 51.6 Å². The number of carbonyl (C=O) groups is 3. The molecule has 2 aromatic heterocycles. The molecule has 0 radical (unpaired) electrons. The predicted molar refractivity (Wildman–Crippen MR) is 103 cm³/mol. The van der Waals surface area contributed by atoms with E-state index in [4.69, 9.17) is 11.6 Å². The Kier molecular flexibility index (Phi) is 4.20. The van der Waals surface area contributed by atoms with Gasteiger partial charge in [0.05, 0.1) is 27.2 Å². The second kappa shape index (κ2) is 6.44. The van der Waals surface area contributed by atoms with Crippen molar-refractivity contribution in [2.75, 3.05) is 0 Å². The molecular weight excluding hydrogens is 386 g/mol. The summed E-state index contributed by atoms with van der Waals surface area (Å²) in [4.78, 5) is 43.4. The highest BCUT2D eigenvalue weighted by Crippen LogP contribution is 2.34. The summed E-state index contributed by atoms with van der Waals surface area (Å²) >= 11 is 7.31. The molecule has 6 nitrogen and oxygen atoms in total. The molecule has 8 heteroatoms. The number of amides is 3. The molecule has 0 unspecified atom stereocenters. The second-order valence-corrected chi connectivity index (χ2v) is 7.81. The zero-order valence-electron chi connectivity index (χ0n) is 14.4. The maximum absolute atomic E-state index is 13.0. The molecule has 136 valence electrons. The van der Waals surface area contributed by atoms with Crippen LogP contribution in [0.4, 0.5) is 0 Å². The van der Waals surface area contributed by atoms with E-state index in [0.717, 1.165) is 5.01 Å². The van der Waals surface area contributed by atoms with Crippen LogP contribution in [-0.2, 0) is 0 Å². The van der Waals surface area contributed by atoms with Gasteiger partial charge in [-0.2, -0.15) is 5.01 Å². The molecule has 27 heavy (non-hydrogen) atoms. The third-order valence-corrected chi connectivity index (χ3v) is 5.42. The van der Waals surface area contributed by atoms with Crippen LogP contribution < -0.4 is 5.43 Å². The minimum atomic E-state index is -0.587. The Hall–Kier alpha value is -2.77. The number of benzene rings is 1. The Morgan fingerprint density at radius 2 is 1.93 bits per heavy atom. The number of halogens is 1. The summed E-state index contributed by atoms with van der Waals surface area (Å²) in [6.07, 6.45) is 0. The van der Waals surface area contributed by atoms with Crippen LogP contribution in [0.2, 0.25) is 5.02 Å². The average Bonchev–Trinajstić information content (AvgIpc) is 3.24. The Bertz CT molecular complexity index is 1110. The topological polar surface area (TPSA) is 79.4 Å². The van der Waals surface area contributed by atoms with Gasteiger partial charge in [0.2, 0.25) is 0 Å². The van der Waals surface area contributed by atoms with Crippen molar-refractivity contribution in [1.82, 2.24) is 15.4 Å². The van der Waals surface area contributed by atoms with Crippen LogP contribution in [0.25, 0.3) is 10.9 Å². The van der Waals surface area contributed by atoms with E-state index < -0.39 is 17.7 Å². The number of rotatable bonds is 3. The fourth-order valence-electron chi connectivity index (χ4n) is 3.09. The first kappa shape index (κ1) is 17.6. The first-order valence-electron chi connectivity index (χ1n) is 8.25. The lowest BCUT2D eigenvalue weighted by Crippen LogP contribution is -2.45. The lowest BCUT2D eigenvalue weighted by molar-refractivity contribution is 0.0519. The average molecular weight is 400 g/mol. The lowest BCUT2D eigenvalue weighted by atomic mass is 9.97. The molecule has 0 fully saturated rings. The van der Waals surface area contributed by atoms with Gasteiger partial charge in [-0.15, -0.1) is 11.3 Å². The summed E-state index contributed by atoms with van der Waals surface area (Å²) in [6.45, 7) is 3.80. The summed E-state index contributed by atoms with van der Waals surface area (Å²) in [5.41, 5.74) is 3.96. The molecular formula is C19H14ClN3O3S. The maximum atomic E-state index is 13.0. The first-order chi connectivity index (χ1) is 12.9. The fraction of sp³-hybridized carbons (Fsp3) is 0.158. The Labute approximate surface area is 163 Å². The van der Waals surface area contributed by atoms with Crippen LogP contribution in [0, 0.1) is 0 Å². The molecule has 0 saturated carbocycles. The van der Waals surface area contributed by atoms with Gasteiger partial charge in [-0.3, -0.25) is 24.8 Å². The van der Waals surface area contributed by atoms with Gasteiger partial charge in [0.15, 0.2) is 0 Å². The predicted octanol–water partition coefficient (Wildman–Crippen LogP) is 4.01. The van der Waals surface area contributed by atoms with E-state index in [9.17, 15) is 14.4 Å². The van der Waals surface area contributed by atoms with E-state index >= 15 is 0 Å². The van der Waals surface area contributed by atoms with Crippen LogP contribution in [0.3, 0.4) is 0 Å². The molecule has 0 atom stereocenters. The lowest BCUT2D eigenvalue weighted by Gasteiger charge is -2.14. The number of hydrazine groups is 1. The zero-order chi connectivity index (χ0) is 19.3. The molecule has 0 spiro atoms. The molecule has 3 aromatic rings. The number of nitrogens with one attached hydrogen (secondary N) is 1. The van der Waals surface area contributed by atoms with E-state index in [1.54, 1.807) is 35.7 Å². The normalized spacial score (nSPS) is 13.6. The SMILES string of the molecule is CC(C)c1nc2ccc(Cl)cc2c2c1C(=O)N(NC(=O)c1cccs1)C2=O. The molecule has 4 rings (SSSR count). The van der Waals surface area contributed by atoms with Gasteiger partial charge in [0.25, 0.3) is 17.7 Å². The maximum Gasteiger partial charge on any atom is 0.282 e. The first-order valence-corrected chi connectivity index (χ1v) is 9.50. The van der Waals surface area contributed by atoms with Crippen molar-refractivity contribution in [2.45, 2.75) is 19.8 Å². The van der Waals surface area contributed by atoms with Crippen LogP contribution in [0.15, 0.2) is 35.7 Å². The van der Waals surface area contributed by atoms with Crippen molar-refractivity contribution in [1.29, 1.82) is 0 Å². The number of aromatic nitrogens is 1. The van der Waals surface area contributed by atoms with Crippen molar-refractivity contribution in [3.8, 4) is 0 Å². The van der Waals surface area contributed by atoms with Gasteiger partial charge in [0.1, 0.15) is 0 Å². The highest BCUT2D eigenvalue weighted by atomic mass is 35.5. The minimum Gasteiger partial charge on any atom is -0.267 e. The molecule has 3 heterocycles. The fourth-order valence-corrected chi connectivity index (χ4v) is 3.88. The summed E-state index contributed by atoms with van der Waals surface area (Å²) in [7, 11) is 0. The monoisotopic (exact) mass is 399 g/mol. The number of nitrogens with zero attached hydrogens (tertiary/aromatic N) is 2. The second-order valence-electron chi connectivity index (χ2n) is 6.43. The number of pyridine rings is 1. The minimum absolute atomic E-state index is 0.0801. The van der Waals surface area contributed by atoms with E-state index in [-0.39, 0.29) is 17.0 Å². The standard InChI is InChI=1S/C19H14ClN3O3S/c1-9(2)16-15-14(11-8-10(20)5-6-12(11)21-16)18(25)23(19(15)26)22-17(24)13-4-3-7-27-13/h3-9H,1-2H3,(H,22,24). The van der Waals surface area contributed by atoms with E-state index in [1.807, 2.05) is 13.8 Å². The number of carbonyl (C=O) groups excluding carboxylic acids is 3. The highest BCUT2D eigenvalue weighted by Gasteiger charge is 2.41. The number of hydrogen-bond donors (Lipinski definition) is 1. The van der Waals surface area contributed by atoms with E-state index in [2.05, 4.69) is 10.4 Å². The van der Waals surface area contributed by atoms with Gasteiger partial charge in [-0.25, -0.2) is 0 Å². The van der Waals surface area contributed by atoms with E-state index in [1.165, 1.54) is 11.3 Å². The Balaban J connectivity index is 1.86. The molecule has 0 aliphatic carbocycles. The smallest absolute Gasteiger partial charge is 0.267 e. The molecule has 1 aliphatic rings. The van der Waals surface area contributed by atoms with Gasteiger partial charge in [-0.05, 0) is 35.6 Å². The molecule has 1 aliphatic heterocycles. The number of thiophene rings is 1. The molecule has 3 amide bonds. The van der Waals surface area contributed by atoms with Crippen LogP contribution >= 0.6 is 22.9 Å². The summed E-state index contributed by atoms with van der Waals surface area (Å²) in [6, 6.07) is 8.36. The third kappa shape index (κ3) is 2.79. The van der Waals surface area contributed by atoms with Crippen LogP contribution in [-0.4, -0.2) is 27.7 Å². The van der Waals surface area contributed by atoms with Crippen molar-refractivity contribution in [3.63, 3.8) is 0 Å². The molecule has 0 saturated heterocycles. The summed E-state index contributed by atoms with van der Waals surface area (Å²) in [5, 5.41) is 3.44. The van der Waals surface area contributed by atoms with Crippen molar-refractivity contribution in [3.05, 3.63) is 62.4 Å². The van der Waals surface area contributed by atoms with Crippen LogP contribution in [0.5, 0.6) is 0 Å². The van der Waals surface area contributed by atoms with E-state index in [0.29, 0.717) is 26.5 Å². The largest absolute Gasteiger partial charge is 0.282 e. The van der Waals surface area contributed by atoms with Gasteiger partial charge >= 0.3 is 0 Å². The van der Waals surface area contributed by atoms with Gasteiger partial charge in [0, 0.05) is 10.4 Å². The van der Waals surface area contributed by atoms with Crippen LogP contribution in [0.1, 0.15) is 55.8 Å². The Morgan fingerprint density at radius 3 is 2.59 bits per heavy atom. The van der Waals surface area contributed by atoms with Gasteiger partial charge < -0.3 is 0 Å². The number of imide groups is 1. The molecule has 1 N–H and O–H groups in total. The summed E-state index contributed by atoms with van der Waals surface area (Å²) in [5.74, 6) is -1.76. The quantitative estimate of drug-likeness (QED) is 0.675.